The van der Waals surface area contributed by atoms with Crippen LogP contribution in [0.25, 0.3) is 0 Å². The third-order valence-corrected chi connectivity index (χ3v) is 4.92. The van der Waals surface area contributed by atoms with Gasteiger partial charge in [-0.3, -0.25) is 14.4 Å². The fourth-order valence-corrected chi connectivity index (χ4v) is 3.11. The number of amides is 2. The van der Waals surface area contributed by atoms with Gasteiger partial charge < -0.3 is 30.0 Å². The highest BCUT2D eigenvalue weighted by Gasteiger charge is 2.32. The molecule has 0 aliphatic heterocycles. The molecule has 36 heavy (non-hydrogen) atoms. The fourth-order valence-electron chi connectivity index (χ4n) is 3.11. The van der Waals surface area contributed by atoms with Crippen LogP contribution in [0.3, 0.4) is 0 Å². The molecule has 1 rings (SSSR count). The fraction of sp³-hybridized carbons (Fsp3) is 0.560. The summed E-state index contributed by atoms with van der Waals surface area (Å²) in [4.78, 5) is 59.8. The number of carboxylic acids is 1. The highest BCUT2D eigenvalue weighted by Crippen LogP contribution is 2.17. The van der Waals surface area contributed by atoms with Gasteiger partial charge in [-0.1, -0.05) is 31.9 Å². The van der Waals surface area contributed by atoms with Crippen molar-refractivity contribution in [1.29, 1.82) is 0 Å². The van der Waals surface area contributed by atoms with Crippen LogP contribution in [0.4, 0.5) is 0 Å². The first-order chi connectivity index (χ1) is 17.2. The van der Waals surface area contributed by atoms with Crippen LogP contribution >= 0.6 is 0 Å². The molecule has 2 amide bonds. The number of hydrogen-bond acceptors (Lipinski definition) is 8. The van der Waals surface area contributed by atoms with Crippen LogP contribution < -0.4 is 15.4 Å². The van der Waals surface area contributed by atoms with E-state index in [1.165, 1.54) is 12.1 Å². The van der Waals surface area contributed by atoms with E-state index in [-0.39, 0.29) is 44.1 Å². The minimum absolute atomic E-state index is 0.0666. The summed E-state index contributed by atoms with van der Waals surface area (Å²) < 4.78 is 15.3. The van der Waals surface area contributed by atoms with Crippen LogP contribution in [0.15, 0.2) is 24.3 Å². The molecule has 0 aliphatic rings. The molecule has 0 heterocycles. The first-order valence-corrected chi connectivity index (χ1v) is 12.1. The number of nitrogens with one attached hydrogen (secondary N) is 2. The lowest BCUT2D eigenvalue weighted by Crippen LogP contribution is -2.48. The van der Waals surface area contributed by atoms with E-state index in [9.17, 15) is 24.0 Å². The summed E-state index contributed by atoms with van der Waals surface area (Å²) in [6, 6.07) is 5.38. The zero-order chi connectivity index (χ0) is 26.9. The molecule has 0 unspecified atom stereocenters. The molecule has 0 aromatic heterocycles. The van der Waals surface area contributed by atoms with Gasteiger partial charge >= 0.3 is 17.9 Å². The molecule has 11 nitrogen and oxygen atoms in total. The predicted molar refractivity (Wildman–Crippen MR) is 129 cm³/mol. The van der Waals surface area contributed by atoms with Crippen LogP contribution in [0.5, 0.6) is 5.75 Å². The van der Waals surface area contributed by atoms with E-state index in [1.54, 1.807) is 26.0 Å². The van der Waals surface area contributed by atoms with E-state index in [2.05, 4.69) is 10.6 Å². The maximum Gasteiger partial charge on any atom is 0.359 e. The van der Waals surface area contributed by atoms with Gasteiger partial charge in [0.25, 0.3) is 6.10 Å². The molecule has 3 N–H and O–H groups in total. The average Bonchev–Trinajstić information content (AvgIpc) is 2.84. The molecule has 1 aromatic carbocycles. The number of carbonyl (C=O) groups is 5. The van der Waals surface area contributed by atoms with Gasteiger partial charge in [-0.25, -0.2) is 9.59 Å². The molecular formula is C25H36N2O9. The summed E-state index contributed by atoms with van der Waals surface area (Å²) in [6.07, 6.45) is 0.720. The third kappa shape index (κ3) is 11.7. The minimum atomic E-state index is -1.58. The largest absolute Gasteiger partial charge is 0.481 e. The second-order valence-electron chi connectivity index (χ2n) is 7.86. The normalized spacial score (nSPS) is 11.3. The molecule has 0 spiro atoms. The Bertz CT molecular complexity index is 853. The number of esters is 2. The average molecular weight is 509 g/mol. The van der Waals surface area contributed by atoms with E-state index >= 15 is 0 Å². The number of rotatable bonds is 17. The van der Waals surface area contributed by atoms with Crippen molar-refractivity contribution < 1.29 is 43.3 Å². The second kappa shape index (κ2) is 16.9. The predicted octanol–water partition coefficient (Wildman–Crippen LogP) is 1.76. The van der Waals surface area contributed by atoms with Gasteiger partial charge in [0.1, 0.15) is 11.8 Å². The standard InChI is InChI=1S/C25H36N2O9/c1-4-7-8-15-26-23(31)19(27-20(28)13-14-21(29)30)16-17-9-11-18(12-10-17)36-22(24(32)34-5-2)25(33)35-6-3/h9-12,19,22H,4-8,13-16H2,1-3H3,(H,26,31)(H,27,28)(H,29,30)/t19-/m0/s1. The number of hydrogen-bond donors (Lipinski definition) is 3. The summed E-state index contributed by atoms with van der Waals surface area (Å²) in [5.74, 6) is -3.56. The Balaban J connectivity index is 2.92. The molecule has 0 radical (unpaired) electrons. The molecule has 0 saturated carbocycles. The van der Waals surface area contributed by atoms with Crippen LogP contribution in [0, 0.1) is 0 Å². The van der Waals surface area contributed by atoms with Gasteiger partial charge in [-0.05, 0) is 38.0 Å². The number of unbranched alkanes of at least 4 members (excludes halogenated alkanes) is 2. The maximum absolute atomic E-state index is 12.7. The lowest BCUT2D eigenvalue weighted by Gasteiger charge is -2.19. The zero-order valence-corrected chi connectivity index (χ0v) is 21.0. The smallest absolute Gasteiger partial charge is 0.359 e. The van der Waals surface area contributed by atoms with Crippen LogP contribution in [0.2, 0.25) is 0 Å². The zero-order valence-electron chi connectivity index (χ0n) is 21.0. The summed E-state index contributed by atoms with van der Waals surface area (Å²) in [5.41, 5.74) is 0.665. The van der Waals surface area contributed by atoms with Crippen LogP contribution in [-0.4, -0.2) is 66.7 Å². The van der Waals surface area contributed by atoms with Gasteiger partial charge in [-0.15, -0.1) is 0 Å². The Kier molecular flexibility index (Phi) is 14.3. The van der Waals surface area contributed by atoms with E-state index in [0.29, 0.717) is 12.1 Å². The van der Waals surface area contributed by atoms with Crippen LogP contribution in [0.1, 0.15) is 58.4 Å². The van der Waals surface area contributed by atoms with Gasteiger partial charge in [-0.2, -0.15) is 0 Å². The van der Waals surface area contributed by atoms with Crippen molar-refractivity contribution in [3.05, 3.63) is 29.8 Å². The third-order valence-electron chi connectivity index (χ3n) is 4.92. The molecule has 1 atom stereocenters. The van der Waals surface area contributed by atoms with Crippen molar-refractivity contribution in [2.45, 2.75) is 71.4 Å². The molecule has 200 valence electrons. The molecule has 1 aromatic rings. The first-order valence-electron chi connectivity index (χ1n) is 12.1. The van der Waals surface area contributed by atoms with Crippen molar-refractivity contribution in [3.8, 4) is 5.75 Å². The first kappa shape index (κ1) is 30.4. The minimum Gasteiger partial charge on any atom is -0.481 e. The Morgan fingerprint density at radius 3 is 2.03 bits per heavy atom. The SMILES string of the molecule is CCCCCNC(=O)[C@H](Cc1ccc(OC(C(=O)OCC)C(=O)OCC)cc1)NC(=O)CCC(=O)O. The summed E-state index contributed by atoms with van der Waals surface area (Å²) >= 11 is 0. The number of carboxylic acid groups (broad SMARTS) is 1. The molecule has 0 fully saturated rings. The Morgan fingerprint density at radius 2 is 1.50 bits per heavy atom. The Hall–Kier alpha value is -3.63. The van der Waals surface area contributed by atoms with Crippen LogP contribution in [-0.2, 0) is 39.9 Å². The highest BCUT2D eigenvalue weighted by atomic mass is 16.6. The van der Waals surface area contributed by atoms with E-state index in [1.807, 2.05) is 6.92 Å². The summed E-state index contributed by atoms with van der Waals surface area (Å²) in [5, 5.41) is 14.2. The number of carbonyl (C=O) groups excluding carboxylic acids is 4. The number of ether oxygens (including phenoxy) is 3. The Morgan fingerprint density at radius 1 is 0.889 bits per heavy atom. The Labute approximate surface area is 210 Å². The van der Waals surface area contributed by atoms with E-state index < -0.39 is 36.0 Å². The highest BCUT2D eigenvalue weighted by molar-refractivity contribution is 5.98. The van der Waals surface area contributed by atoms with Gasteiger partial charge in [0.2, 0.25) is 11.8 Å². The molecular weight excluding hydrogens is 472 g/mol. The summed E-state index contributed by atoms with van der Waals surface area (Å²) in [7, 11) is 0. The van der Waals surface area contributed by atoms with Crippen molar-refractivity contribution in [3.63, 3.8) is 0 Å². The lowest BCUT2D eigenvalue weighted by molar-refractivity contribution is -0.166. The quantitative estimate of drug-likeness (QED) is 0.162. The van der Waals surface area contributed by atoms with Gasteiger partial charge in [0.15, 0.2) is 0 Å². The second-order valence-corrected chi connectivity index (χ2v) is 7.86. The molecule has 0 bridgehead atoms. The number of aliphatic carboxylic acids is 1. The monoisotopic (exact) mass is 508 g/mol. The van der Waals surface area contributed by atoms with Gasteiger partial charge in [0.05, 0.1) is 19.6 Å². The van der Waals surface area contributed by atoms with E-state index in [0.717, 1.165) is 19.3 Å². The topological polar surface area (TPSA) is 157 Å². The molecule has 0 aliphatic carbocycles. The van der Waals surface area contributed by atoms with Crippen molar-refractivity contribution in [2.75, 3.05) is 19.8 Å². The lowest BCUT2D eigenvalue weighted by atomic mass is 10.0. The number of benzene rings is 1. The maximum atomic E-state index is 12.7. The van der Waals surface area contributed by atoms with Crippen molar-refractivity contribution in [1.82, 2.24) is 10.6 Å². The molecule has 11 heteroatoms. The van der Waals surface area contributed by atoms with Crippen molar-refractivity contribution in [2.24, 2.45) is 0 Å². The van der Waals surface area contributed by atoms with E-state index in [4.69, 9.17) is 19.3 Å². The summed E-state index contributed by atoms with van der Waals surface area (Å²) in [6.45, 7) is 5.85. The van der Waals surface area contributed by atoms with Gasteiger partial charge in [0, 0.05) is 19.4 Å². The molecule has 0 saturated heterocycles. The van der Waals surface area contributed by atoms with Crippen molar-refractivity contribution >= 4 is 29.7 Å².